The Morgan fingerprint density at radius 1 is 0.750 bits per heavy atom. The summed E-state index contributed by atoms with van der Waals surface area (Å²) in [5.41, 5.74) is 1.35. The molecule has 0 bridgehead atoms. The van der Waals surface area contributed by atoms with Crippen molar-refractivity contribution < 1.29 is 9.47 Å². The van der Waals surface area contributed by atoms with Gasteiger partial charge in [0.1, 0.15) is 11.5 Å². The first-order valence-corrected chi connectivity index (χ1v) is 7.28. The summed E-state index contributed by atoms with van der Waals surface area (Å²) in [7, 11) is 0. The third kappa shape index (κ3) is 4.96. The molecule has 0 N–H and O–H groups in total. The van der Waals surface area contributed by atoms with Crippen molar-refractivity contribution in [3.05, 3.63) is 60.2 Å². The molecule has 2 heteroatoms. The van der Waals surface area contributed by atoms with Gasteiger partial charge in [-0.15, -0.1) is 0 Å². The van der Waals surface area contributed by atoms with Gasteiger partial charge in [0.2, 0.25) is 0 Å². The first-order chi connectivity index (χ1) is 9.88. The van der Waals surface area contributed by atoms with Crippen LogP contribution in [0.25, 0.3) is 0 Å². The van der Waals surface area contributed by atoms with Gasteiger partial charge in [-0.3, -0.25) is 0 Å². The van der Waals surface area contributed by atoms with Crippen molar-refractivity contribution in [2.75, 3.05) is 13.2 Å². The standard InChI is InChI=1S/C18H22O2/c1-2-19-18-13-11-16(12-14-18)8-6-7-15-20-17-9-4-3-5-10-17/h3-5,9-14H,2,6-8,15H2,1H3. The molecule has 0 fully saturated rings. The van der Waals surface area contributed by atoms with Gasteiger partial charge in [0.05, 0.1) is 13.2 Å². The van der Waals surface area contributed by atoms with Gasteiger partial charge in [-0.05, 0) is 56.0 Å². The van der Waals surface area contributed by atoms with Crippen molar-refractivity contribution >= 4 is 0 Å². The largest absolute Gasteiger partial charge is 0.494 e. The summed E-state index contributed by atoms with van der Waals surface area (Å²) < 4.78 is 11.1. The van der Waals surface area contributed by atoms with E-state index in [4.69, 9.17) is 9.47 Å². The van der Waals surface area contributed by atoms with E-state index in [1.165, 1.54) is 5.56 Å². The number of rotatable bonds is 8. The van der Waals surface area contributed by atoms with E-state index in [1.54, 1.807) is 0 Å². The van der Waals surface area contributed by atoms with E-state index in [2.05, 4.69) is 12.1 Å². The van der Waals surface area contributed by atoms with Crippen LogP contribution in [0.5, 0.6) is 11.5 Å². The van der Waals surface area contributed by atoms with Crippen LogP contribution in [0, 0.1) is 0 Å². The van der Waals surface area contributed by atoms with E-state index in [-0.39, 0.29) is 0 Å². The molecule has 2 aromatic carbocycles. The molecule has 0 heterocycles. The number of unbranched alkanes of at least 4 members (excludes halogenated alkanes) is 1. The summed E-state index contributed by atoms with van der Waals surface area (Å²) in [5.74, 6) is 1.90. The minimum absolute atomic E-state index is 0.718. The second-order valence-electron chi connectivity index (χ2n) is 4.70. The molecule has 106 valence electrons. The van der Waals surface area contributed by atoms with E-state index < -0.39 is 0 Å². The van der Waals surface area contributed by atoms with E-state index in [0.717, 1.165) is 44.0 Å². The number of aryl methyl sites for hydroxylation is 1. The first kappa shape index (κ1) is 14.4. The molecule has 0 radical (unpaired) electrons. The topological polar surface area (TPSA) is 18.5 Å². The van der Waals surface area contributed by atoms with E-state index >= 15 is 0 Å². The molecule has 0 saturated carbocycles. The van der Waals surface area contributed by atoms with Crippen molar-refractivity contribution in [2.24, 2.45) is 0 Å². The number of hydrogen-bond acceptors (Lipinski definition) is 2. The fraction of sp³-hybridized carbons (Fsp3) is 0.333. The fourth-order valence-corrected chi connectivity index (χ4v) is 2.06. The number of benzene rings is 2. The van der Waals surface area contributed by atoms with Gasteiger partial charge in [0.25, 0.3) is 0 Å². The van der Waals surface area contributed by atoms with Crippen molar-refractivity contribution in [3.63, 3.8) is 0 Å². The molecule has 2 nitrogen and oxygen atoms in total. The van der Waals surface area contributed by atoms with Gasteiger partial charge in [-0.25, -0.2) is 0 Å². The average molecular weight is 270 g/mol. The van der Waals surface area contributed by atoms with Crippen molar-refractivity contribution in [1.82, 2.24) is 0 Å². The molecular weight excluding hydrogens is 248 g/mol. The number of hydrogen-bond donors (Lipinski definition) is 0. The minimum Gasteiger partial charge on any atom is -0.494 e. The second kappa shape index (κ2) is 8.26. The average Bonchev–Trinajstić information content (AvgIpc) is 2.50. The molecule has 0 aliphatic carbocycles. The summed E-state index contributed by atoms with van der Waals surface area (Å²) in [6, 6.07) is 18.3. The zero-order valence-corrected chi connectivity index (χ0v) is 12.0. The van der Waals surface area contributed by atoms with Crippen LogP contribution < -0.4 is 9.47 Å². The van der Waals surface area contributed by atoms with E-state index in [1.807, 2.05) is 49.4 Å². The van der Waals surface area contributed by atoms with Crippen LogP contribution >= 0.6 is 0 Å². The van der Waals surface area contributed by atoms with Crippen LogP contribution in [0.15, 0.2) is 54.6 Å². The number of para-hydroxylation sites is 1. The lowest BCUT2D eigenvalue weighted by Gasteiger charge is -2.07. The Bertz CT molecular complexity index is 477. The maximum Gasteiger partial charge on any atom is 0.119 e. The smallest absolute Gasteiger partial charge is 0.119 e. The summed E-state index contributed by atoms with van der Waals surface area (Å²) in [6.07, 6.45) is 3.30. The summed E-state index contributed by atoms with van der Waals surface area (Å²) in [5, 5.41) is 0. The zero-order chi connectivity index (χ0) is 14.0. The molecule has 0 atom stereocenters. The molecule has 0 aromatic heterocycles. The molecule has 20 heavy (non-hydrogen) atoms. The summed E-state index contributed by atoms with van der Waals surface area (Å²) in [4.78, 5) is 0. The molecule has 0 aliphatic rings. The van der Waals surface area contributed by atoms with Crippen molar-refractivity contribution in [2.45, 2.75) is 26.2 Å². The Balaban J connectivity index is 1.63. The predicted octanol–water partition coefficient (Wildman–Crippen LogP) is 4.49. The van der Waals surface area contributed by atoms with Crippen LogP contribution in [-0.4, -0.2) is 13.2 Å². The molecule has 0 spiro atoms. The number of ether oxygens (including phenoxy) is 2. The second-order valence-corrected chi connectivity index (χ2v) is 4.70. The Labute approximate surface area is 121 Å². The molecular formula is C18H22O2. The van der Waals surface area contributed by atoms with E-state index in [0.29, 0.717) is 0 Å². The third-order valence-corrected chi connectivity index (χ3v) is 3.11. The Morgan fingerprint density at radius 3 is 2.15 bits per heavy atom. The molecule has 0 aliphatic heterocycles. The van der Waals surface area contributed by atoms with Gasteiger partial charge in [0.15, 0.2) is 0 Å². The highest BCUT2D eigenvalue weighted by atomic mass is 16.5. The normalized spacial score (nSPS) is 10.2. The molecule has 0 saturated heterocycles. The van der Waals surface area contributed by atoms with Crippen LogP contribution in [0.1, 0.15) is 25.3 Å². The predicted molar refractivity (Wildman–Crippen MR) is 82.5 cm³/mol. The van der Waals surface area contributed by atoms with Gasteiger partial charge < -0.3 is 9.47 Å². The van der Waals surface area contributed by atoms with Crippen LogP contribution in [0.3, 0.4) is 0 Å². The van der Waals surface area contributed by atoms with Gasteiger partial charge in [-0.2, -0.15) is 0 Å². The van der Waals surface area contributed by atoms with Crippen molar-refractivity contribution in [1.29, 1.82) is 0 Å². The SMILES string of the molecule is CCOc1ccc(CCCCOc2ccccc2)cc1. The van der Waals surface area contributed by atoms with E-state index in [9.17, 15) is 0 Å². The molecule has 2 rings (SSSR count). The summed E-state index contributed by atoms with van der Waals surface area (Å²) in [6.45, 7) is 3.50. The van der Waals surface area contributed by atoms with Gasteiger partial charge >= 0.3 is 0 Å². The minimum atomic E-state index is 0.718. The highest BCUT2D eigenvalue weighted by Crippen LogP contribution is 2.14. The Morgan fingerprint density at radius 2 is 1.45 bits per heavy atom. The van der Waals surface area contributed by atoms with Gasteiger partial charge in [0, 0.05) is 0 Å². The first-order valence-electron chi connectivity index (χ1n) is 7.28. The third-order valence-electron chi connectivity index (χ3n) is 3.11. The lowest BCUT2D eigenvalue weighted by molar-refractivity contribution is 0.307. The quantitative estimate of drug-likeness (QED) is 0.658. The van der Waals surface area contributed by atoms with Crippen LogP contribution in [-0.2, 0) is 6.42 Å². The highest BCUT2D eigenvalue weighted by Gasteiger charge is 1.97. The lowest BCUT2D eigenvalue weighted by Crippen LogP contribution is -1.98. The monoisotopic (exact) mass is 270 g/mol. The lowest BCUT2D eigenvalue weighted by atomic mass is 10.1. The zero-order valence-electron chi connectivity index (χ0n) is 12.0. The molecule has 0 amide bonds. The maximum atomic E-state index is 5.67. The fourth-order valence-electron chi connectivity index (χ4n) is 2.06. The molecule has 2 aromatic rings. The summed E-state index contributed by atoms with van der Waals surface area (Å²) >= 11 is 0. The van der Waals surface area contributed by atoms with Crippen LogP contribution in [0.4, 0.5) is 0 Å². The van der Waals surface area contributed by atoms with Crippen molar-refractivity contribution in [3.8, 4) is 11.5 Å². The van der Waals surface area contributed by atoms with Crippen LogP contribution in [0.2, 0.25) is 0 Å². The Kier molecular flexibility index (Phi) is 5.97. The highest BCUT2D eigenvalue weighted by molar-refractivity contribution is 5.27. The molecule has 0 unspecified atom stereocenters. The van der Waals surface area contributed by atoms with Gasteiger partial charge in [-0.1, -0.05) is 30.3 Å². The Hall–Kier alpha value is -1.96. The maximum absolute atomic E-state index is 5.67.